The van der Waals surface area contributed by atoms with Crippen molar-refractivity contribution in [2.24, 2.45) is 5.92 Å². The van der Waals surface area contributed by atoms with E-state index >= 15 is 0 Å². The molecule has 3 aromatic rings. The number of nitrogens with one attached hydrogen (secondary N) is 5. The van der Waals surface area contributed by atoms with Crippen molar-refractivity contribution in [3.63, 3.8) is 0 Å². The second kappa shape index (κ2) is 19.2. The molecule has 4 atom stereocenters. The second-order valence-corrected chi connectivity index (χ2v) is 15.4. The number of likely N-dealkylation sites (N-methyl/N-ethyl adjacent to an activating group) is 1. The van der Waals surface area contributed by atoms with E-state index in [0.717, 1.165) is 19.7 Å². The molecule has 0 aliphatic carbocycles. The van der Waals surface area contributed by atoms with Crippen LogP contribution in [0.2, 0.25) is 0 Å². The van der Waals surface area contributed by atoms with Gasteiger partial charge in [0.15, 0.2) is 0 Å². The third-order valence-electron chi connectivity index (χ3n) is 8.58. The molecule has 282 valence electrons. The topological polar surface area (TPSA) is 169 Å². The normalized spacial score (nSPS) is 13.8. The van der Waals surface area contributed by atoms with Crippen molar-refractivity contribution in [3.05, 3.63) is 101 Å². The summed E-state index contributed by atoms with van der Waals surface area (Å²) < 4.78 is 28.3. The number of hydrogen-bond acceptors (Lipinski definition) is 7. The fourth-order valence-electron chi connectivity index (χ4n) is 5.39. The number of benzene rings is 3. The van der Waals surface area contributed by atoms with Gasteiger partial charge in [0.05, 0.1) is 17.8 Å². The molecule has 0 bridgehead atoms. The van der Waals surface area contributed by atoms with Crippen molar-refractivity contribution in [1.29, 1.82) is 0 Å². The van der Waals surface area contributed by atoms with Crippen LogP contribution in [-0.4, -0.2) is 88.7 Å². The van der Waals surface area contributed by atoms with E-state index in [1.807, 2.05) is 88.4 Å². The molecule has 0 aromatic heterocycles. The van der Waals surface area contributed by atoms with Crippen molar-refractivity contribution >= 4 is 39.5 Å². The molecule has 52 heavy (non-hydrogen) atoms. The first-order chi connectivity index (χ1) is 24.5. The first-order valence-electron chi connectivity index (χ1n) is 17.4. The second-order valence-electron chi connectivity index (χ2n) is 13.2. The highest BCUT2D eigenvalue weighted by Gasteiger charge is 2.28. The highest BCUT2D eigenvalue weighted by atomic mass is 32.2. The van der Waals surface area contributed by atoms with E-state index in [0.29, 0.717) is 13.0 Å². The Labute approximate surface area is 308 Å². The quantitative estimate of drug-likeness (QED) is 0.134. The average molecular weight is 736 g/mol. The fraction of sp³-hybridized carbons (Fsp3) is 0.421. The minimum atomic E-state index is -3.96. The summed E-state index contributed by atoms with van der Waals surface area (Å²) in [5.41, 5.74) is 2.10. The van der Waals surface area contributed by atoms with E-state index in [1.165, 1.54) is 39.3 Å². The van der Waals surface area contributed by atoms with Gasteiger partial charge in [0, 0.05) is 51.4 Å². The van der Waals surface area contributed by atoms with Crippen molar-refractivity contribution in [2.75, 3.05) is 38.5 Å². The van der Waals surface area contributed by atoms with E-state index in [2.05, 4.69) is 26.6 Å². The summed E-state index contributed by atoms with van der Waals surface area (Å²) in [5.74, 6) is -1.80. The first kappa shape index (κ1) is 41.6. The van der Waals surface area contributed by atoms with Crippen LogP contribution in [0, 0.1) is 5.92 Å². The predicted octanol–water partition coefficient (Wildman–Crippen LogP) is 3.02. The van der Waals surface area contributed by atoms with Crippen molar-refractivity contribution in [1.82, 2.24) is 30.9 Å². The Kier molecular flexibility index (Phi) is 15.3. The molecule has 0 saturated carbocycles. The molecule has 4 amide bonds. The van der Waals surface area contributed by atoms with Crippen LogP contribution in [0.3, 0.4) is 0 Å². The minimum absolute atomic E-state index is 0.0707. The maximum absolute atomic E-state index is 14.0. The van der Waals surface area contributed by atoms with Crippen LogP contribution in [0.4, 0.5) is 5.69 Å². The number of carbonyl (C=O) groups excluding carboxylic acids is 4. The lowest BCUT2D eigenvalue weighted by Crippen LogP contribution is -2.55. The lowest BCUT2D eigenvalue weighted by atomic mass is 10.0. The maximum Gasteiger partial charge on any atom is 0.303 e. The maximum atomic E-state index is 14.0. The predicted molar refractivity (Wildman–Crippen MR) is 204 cm³/mol. The van der Waals surface area contributed by atoms with Crippen molar-refractivity contribution < 1.29 is 27.6 Å². The lowest BCUT2D eigenvalue weighted by Gasteiger charge is -2.26. The molecule has 0 radical (unpaired) electrons. The van der Waals surface area contributed by atoms with Gasteiger partial charge in [0.1, 0.15) is 6.04 Å². The molecule has 0 spiro atoms. The zero-order chi connectivity index (χ0) is 38.6. The summed E-state index contributed by atoms with van der Waals surface area (Å²) in [5, 5.41) is 14.7. The number of nitrogens with zero attached hydrogens (tertiary/aromatic N) is 2. The average Bonchev–Trinajstić information content (AvgIpc) is 3.12. The van der Waals surface area contributed by atoms with Crippen molar-refractivity contribution in [2.45, 2.75) is 65.2 Å². The van der Waals surface area contributed by atoms with Gasteiger partial charge < -0.3 is 26.6 Å². The number of rotatable bonds is 18. The third kappa shape index (κ3) is 11.6. The number of amides is 4. The first-order valence-corrected chi connectivity index (χ1v) is 18.8. The van der Waals surface area contributed by atoms with Gasteiger partial charge in [-0.1, -0.05) is 74.5 Å². The molecule has 14 heteroatoms. The molecule has 0 saturated heterocycles. The van der Waals surface area contributed by atoms with E-state index in [-0.39, 0.29) is 47.1 Å². The number of carbonyl (C=O) groups is 4. The molecule has 0 aliphatic heterocycles. The summed E-state index contributed by atoms with van der Waals surface area (Å²) in [6.45, 7) is 9.65. The van der Waals surface area contributed by atoms with E-state index in [1.54, 1.807) is 6.92 Å². The minimum Gasteiger partial charge on any atom is -0.355 e. The van der Waals surface area contributed by atoms with Crippen LogP contribution in [0.5, 0.6) is 0 Å². The lowest BCUT2D eigenvalue weighted by molar-refractivity contribution is -0.130. The van der Waals surface area contributed by atoms with Crippen LogP contribution >= 0.6 is 0 Å². The summed E-state index contributed by atoms with van der Waals surface area (Å²) in [7, 11) is 0.172. The monoisotopic (exact) mass is 735 g/mol. The third-order valence-corrected chi connectivity index (χ3v) is 10.4. The number of anilines is 1. The molecule has 3 rings (SSSR count). The van der Waals surface area contributed by atoms with Crippen LogP contribution in [0.1, 0.15) is 72.5 Å². The highest BCUT2D eigenvalue weighted by Crippen LogP contribution is 2.23. The summed E-state index contributed by atoms with van der Waals surface area (Å²) >= 11 is 0. The van der Waals surface area contributed by atoms with Crippen LogP contribution in [0.25, 0.3) is 0 Å². The molecule has 0 heterocycles. The van der Waals surface area contributed by atoms with E-state index in [9.17, 15) is 27.6 Å². The molecule has 3 aromatic carbocycles. The smallest absolute Gasteiger partial charge is 0.303 e. The molecule has 13 nitrogen and oxygen atoms in total. The Hall–Kier alpha value is -4.79. The fourth-order valence-corrected chi connectivity index (χ4v) is 6.25. The Morgan fingerprint density at radius 1 is 0.731 bits per heavy atom. The van der Waals surface area contributed by atoms with E-state index in [4.69, 9.17) is 0 Å². The highest BCUT2D eigenvalue weighted by molar-refractivity contribution is 7.90. The van der Waals surface area contributed by atoms with Crippen LogP contribution in [-0.2, 0) is 26.2 Å². The zero-order valence-electron chi connectivity index (χ0n) is 31.3. The molecule has 0 unspecified atom stereocenters. The van der Waals surface area contributed by atoms with E-state index < -0.39 is 40.1 Å². The van der Waals surface area contributed by atoms with Crippen LogP contribution in [0.15, 0.2) is 78.9 Å². The van der Waals surface area contributed by atoms with Gasteiger partial charge in [0.25, 0.3) is 11.8 Å². The molecular weight excluding hydrogens is 683 g/mol. The van der Waals surface area contributed by atoms with Gasteiger partial charge in [-0.25, -0.2) is 0 Å². The Morgan fingerprint density at radius 2 is 1.29 bits per heavy atom. The van der Waals surface area contributed by atoms with Gasteiger partial charge in [-0.3, -0.25) is 23.5 Å². The SMILES string of the molecule is CCNC(=O)[C@@H](NC(=O)[C@H](C)NC[C@H](Cc1ccccc1)NC(=O)c1cc(C(=O)N[C@H](C)c2ccccc2)cc(N(C)S(=O)(=O)N(C)C)c1)C(C)C. The Balaban J connectivity index is 1.90. The molecular formula is C38H53N7O6S. The molecule has 5 N–H and O–H groups in total. The summed E-state index contributed by atoms with van der Waals surface area (Å²) in [6.07, 6.45) is 0.401. The van der Waals surface area contributed by atoms with Gasteiger partial charge >= 0.3 is 10.2 Å². The van der Waals surface area contributed by atoms with Gasteiger partial charge in [-0.2, -0.15) is 12.7 Å². The largest absolute Gasteiger partial charge is 0.355 e. The van der Waals surface area contributed by atoms with Gasteiger partial charge in [0.2, 0.25) is 11.8 Å². The van der Waals surface area contributed by atoms with Gasteiger partial charge in [-0.15, -0.1) is 0 Å². The zero-order valence-corrected chi connectivity index (χ0v) is 32.1. The molecule has 0 fully saturated rings. The van der Waals surface area contributed by atoms with Gasteiger partial charge in [-0.05, 0) is 62.4 Å². The summed E-state index contributed by atoms with van der Waals surface area (Å²) in [6, 6.07) is 20.8. The molecule has 0 aliphatic rings. The standard InChI is InChI=1S/C38H53N7O6S/c1-9-39-38(49)34(25(2)3)43-35(46)27(5)40-24-32(20-28-16-12-10-13-17-28)42-37(48)31-21-30(22-33(23-31)45(8)52(50,51)44(6)7)36(47)41-26(4)29-18-14-11-15-19-29/h10-19,21-23,25-27,32,34,40H,9,20,24H2,1-8H3,(H,39,49)(H,41,47)(H,42,48)(H,43,46)/t26-,27+,32+,34+/m1/s1. The van der Waals surface area contributed by atoms with Crippen molar-refractivity contribution in [3.8, 4) is 0 Å². The Morgan fingerprint density at radius 3 is 1.83 bits per heavy atom. The number of hydrogen-bond donors (Lipinski definition) is 5. The summed E-state index contributed by atoms with van der Waals surface area (Å²) in [4.78, 5) is 53.2. The van der Waals surface area contributed by atoms with Crippen LogP contribution < -0.4 is 30.9 Å². The Bertz CT molecular complexity index is 1770.